The molecule has 0 saturated heterocycles. The second kappa shape index (κ2) is 9.65. The van der Waals surface area contributed by atoms with Gasteiger partial charge in [0.05, 0.1) is 11.2 Å². The molecule has 1 fully saturated rings. The maximum Gasteiger partial charge on any atom is 0.303 e. The van der Waals surface area contributed by atoms with Crippen LogP contribution in [0.25, 0.3) is 33.8 Å². The summed E-state index contributed by atoms with van der Waals surface area (Å²) >= 11 is 2.23. The van der Waals surface area contributed by atoms with Crippen LogP contribution in [-0.4, -0.2) is 42.1 Å². The van der Waals surface area contributed by atoms with E-state index < -0.39 is 5.97 Å². The zero-order valence-electron chi connectivity index (χ0n) is 18.7. The largest absolute Gasteiger partial charge is 0.481 e. The van der Waals surface area contributed by atoms with Crippen molar-refractivity contribution in [1.82, 2.24) is 24.9 Å². The van der Waals surface area contributed by atoms with E-state index in [4.69, 9.17) is 9.84 Å². The summed E-state index contributed by atoms with van der Waals surface area (Å²) in [6.45, 7) is 1.99. The lowest BCUT2D eigenvalue weighted by molar-refractivity contribution is -0.138. The topological polar surface area (TPSA) is 114 Å². The number of ether oxygens (including phenoxy) is 1. The zero-order valence-corrected chi connectivity index (χ0v) is 20.8. The first kappa shape index (κ1) is 22.7. The van der Waals surface area contributed by atoms with E-state index in [1.807, 2.05) is 31.2 Å². The van der Waals surface area contributed by atoms with Gasteiger partial charge in [-0.1, -0.05) is 0 Å². The van der Waals surface area contributed by atoms with Gasteiger partial charge in [-0.25, -0.2) is 15.0 Å². The SMILES string of the molecule is Cc1cc(-c2ccc(-c3nc4ncc(I)cc4[nH]3)cn2)cnc1O[C@H]1CC[C@H](CC(=O)O)CC1. The van der Waals surface area contributed by atoms with Crippen LogP contribution in [0.3, 0.4) is 0 Å². The van der Waals surface area contributed by atoms with Crippen molar-refractivity contribution in [2.24, 2.45) is 5.92 Å². The van der Waals surface area contributed by atoms with Gasteiger partial charge in [0.25, 0.3) is 0 Å². The molecule has 174 valence electrons. The smallest absolute Gasteiger partial charge is 0.303 e. The quantitative estimate of drug-likeness (QED) is 0.299. The molecule has 5 rings (SSSR count). The van der Waals surface area contributed by atoms with E-state index in [1.165, 1.54) is 0 Å². The number of hydrogen-bond donors (Lipinski definition) is 2. The van der Waals surface area contributed by atoms with Crippen molar-refractivity contribution < 1.29 is 14.6 Å². The number of H-pyrrole nitrogens is 1. The lowest BCUT2D eigenvalue weighted by Crippen LogP contribution is -2.25. The van der Waals surface area contributed by atoms with Gasteiger partial charge >= 0.3 is 5.97 Å². The Morgan fingerprint density at radius 2 is 1.88 bits per heavy atom. The minimum Gasteiger partial charge on any atom is -0.481 e. The summed E-state index contributed by atoms with van der Waals surface area (Å²) in [7, 11) is 0. The number of imidazole rings is 1. The molecule has 0 aliphatic heterocycles. The molecule has 0 bridgehead atoms. The Hall–Kier alpha value is -3.08. The van der Waals surface area contributed by atoms with Crippen LogP contribution < -0.4 is 4.74 Å². The van der Waals surface area contributed by atoms with Gasteiger partial charge in [0.1, 0.15) is 11.9 Å². The Morgan fingerprint density at radius 1 is 1.09 bits per heavy atom. The molecule has 4 aromatic heterocycles. The van der Waals surface area contributed by atoms with Gasteiger partial charge in [0, 0.05) is 45.3 Å². The molecule has 0 amide bonds. The van der Waals surface area contributed by atoms with Crippen molar-refractivity contribution in [3.8, 4) is 28.5 Å². The Balaban J connectivity index is 1.26. The molecule has 0 radical (unpaired) electrons. The molecule has 0 atom stereocenters. The maximum absolute atomic E-state index is 10.9. The van der Waals surface area contributed by atoms with Crippen LogP contribution in [0.1, 0.15) is 37.7 Å². The minimum atomic E-state index is -0.719. The highest BCUT2D eigenvalue weighted by atomic mass is 127. The summed E-state index contributed by atoms with van der Waals surface area (Å²) in [5.74, 6) is 0.900. The summed E-state index contributed by atoms with van der Waals surface area (Å²) in [6.07, 6.45) is 9.19. The molecule has 1 saturated carbocycles. The third-order valence-electron chi connectivity index (χ3n) is 6.20. The summed E-state index contributed by atoms with van der Waals surface area (Å²) < 4.78 is 7.20. The lowest BCUT2D eigenvalue weighted by atomic mass is 9.85. The van der Waals surface area contributed by atoms with Gasteiger partial charge < -0.3 is 14.8 Å². The number of nitrogens with zero attached hydrogens (tertiary/aromatic N) is 4. The van der Waals surface area contributed by atoms with Gasteiger partial charge in [0.2, 0.25) is 5.88 Å². The van der Waals surface area contributed by atoms with Crippen LogP contribution in [0.5, 0.6) is 5.88 Å². The molecule has 2 N–H and O–H groups in total. The molecule has 4 aromatic rings. The molecule has 4 heterocycles. The van der Waals surface area contributed by atoms with Crippen molar-refractivity contribution in [3.63, 3.8) is 0 Å². The second-order valence-electron chi connectivity index (χ2n) is 8.75. The number of aryl methyl sites for hydroxylation is 1. The van der Waals surface area contributed by atoms with E-state index in [0.29, 0.717) is 11.5 Å². The van der Waals surface area contributed by atoms with Crippen LogP contribution in [0.4, 0.5) is 0 Å². The van der Waals surface area contributed by atoms with Crippen LogP contribution in [0.15, 0.2) is 42.9 Å². The zero-order chi connectivity index (χ0) is 23.7. The highest BCUT2D eigenvalue weighted by Crippen LogP contribution is 2.31. The van der Waals surface area contributed by atoms with Crippen molar-refractivity contribution in [3.05, 3.63) is 52.0 Å². The number of aromatic amines is 1. The Bertz CT molecular complexity index is 1330. The lowest BCUT2D eigenvalue weighted by Gasteiger charge is -2.28. The van der Waals surface area contributed by atoms with Gasteiger partial charge in [-0.15, -0.1) is 0 Å². The molecular weight excluding hydrogens is 545 g/mol. The number of hydrogen-bond acceptors (Lipinski definition) is 6. The van der Waals surface area contributed by atoms with E-state index in [2.05, 4.69) is 47.5 Å². The summed E-state index contributed by atoms with van der Waals surface area (Å²) in [6, 6.07) is 8.00. The molecule has 34 heavy (non-hydrogen) atoms. The van der Waals surface area contributed by atoms with E-state index in [1.54, 1.807) is 18.6 Å². The van der Waals surface area contributed by atoms with Gasteiger partial charge in [0.15, 0.2) is 5.65 Å². The van der Waals surface area contributed by atoms with Crippen LogP contribution in [0.2, 0.25) is 0 Å². The number of carboxylic acids is 1. The van der Waals surface area contributed by atoms with Gasteiger partial charge in [-0.05, 0) is 85.4 Å². The molecule has 1 aliphatic carbocycles. The van der Waals surface area contributed by atoms with Crippen LogP contribution >= 0.6 is 22.6 Å². The van der Waals surface area contributed by atoms with Crippen molar-refractivity contribution >= 4 is 39.7 Å². The molecule has 8 nitrogen and oxygen atoms in total. The third kappa shape index (κ3) is 5.03. The number of pyridine rings is 3. The second-order valence-corrected chi connectivity index (χ2v) is 9.99. The molecule has 0 unspecified atom stereocenters. The third-order valence-corrected chi connectivity index (χ3v) is 6.79. The van der Waals surface area contributed by atoms with E-state index >= 15 is 0 Å². The number of carbonyl (C=O) groups is 1. The van der Waals surface area contributed by atoms with Crippen molar-refractivity contribution in [1.29, 1.82) is 0 Å². The molecule has 1 aliphatic rings. The van der Waals surface area contributed by atoms with E-state index in [9.17, 15) is 4.79 Å². The fourth-order valence-corrected chi connectivity index (χ4v) is 4.85. The average molecular weight is 569 g/mol. The average Bonchev–Trinajstić information content (AvgIpc) is 3.24. The molecular formula is C25H24IN5O3. The number of aliphatic carboxylic acids is 1. The Labute approximate surface area is 210 Å². The fourth-order valence-electron chi connectivity index (χ4n) is 4.40. The first-order valence-electron chi connectivity index (χ1n) is 11.3. The normalized spacial score (nSPS) is 18.2. The Kier molecular flexibility index (Phi) is 6.44. The monoisotopic (exact) mass is 569 g/mol. The molecule has 0 aromatic carbocycles. The van der Waals surface area contributed by atoms with Gasteiger partial charge in [-0.3, -0.25) is 9.78 Å². The van der Waals surface area contributed by atoms with Crippen molar-refractivity contribution in [2.75, 3.05) is 0 Å². The van der Waals surface area contributed by atoms with Crippen molar-refractivity contribution in [2.45, 2.75) is 45.1 Å². The van der Waals surface area contributed by atoms with Crippen LogP contribution in [0, 0.1) is 16.4 Å². The van der Waals surface area contributed by atoms with Crippen LogP contribution in [-0.2, 0) is 4.79 Å². The predicted octanol–water partition coefficient (Wildman–Crippen LogP) is 5.41. The molecule has 9 heteroatoms. The maximum atomic E-state index is 10.9. The summed E-state index contributed by atoms with van der Waals surface area (Å²) in [5, 5.41) is 8.98. The van der Waals surface area contributed by atoms with E-state index in [0.717, 1.165) is 63.0 Å². The highest BCUT2D eigenvalue weighted by Gasteiger charge is 2.24. The minimum absolute atomic E-state index is 0.0843. The van der Waals surface area contributed by atoms with E-state index in [-0.39, 0.29) is 18.4 Å². The summed E-state index contributed by atoms with van der Waals surface area (Å²) in [5.41, 5.74) is 5.17. The Morgan fingerprint density at radius 3 is 2.59 bits per heavy atom. The number of fused-ring (bicyclic) bond motifs is 1. The number of halogens is 1. The number of nitrogens with one attached hydrogen (secondary N) is 1. The first-order valence-corrected chi connectivity index (χ1v) is 12.4. The number of aromatic nitrogens is 5. The van der Waals surface area contributed by atoms with Gasteiger partial charge in [-0.2, -0.15) is 0 Å². The number of rotatable bonds is 6. The predicted molar refractivity (Wildman–Crippen MR) is 136 cm³/mol. The molecule has 0 spiro atoms. The highest BCUT2D eigenvalue weighted by molar-refractivity contribution is 14.1. The number of carboxylic acid groups (broad SMARTS) is 1. The fraction of sp³-hybridized carbons (Fsp3) is 0.320. The first-order chi connectivity index (χ1) is 16.4. The summed E-state index contributed by atoms with van der Waals surface area (Å²) in [4.78, 5) is 32.3. The standard InChI is InChI=1S/C25H24IN5O3/c1-14-8-17(12-29-25(14)34-19-5-2-15(3-6-19)9-22(32)33)20-7-4-16(11-27-20)23-30-21-10-18(26)13-28-24(21)31-23/h4,7-8,10-13,15,19H,2-3,5-6,9H2,1H3,(H,32,33)(H,28,30,31)/t15-,19-.